The van der Waals surface area contributed by atoms with E-state index in [4.69, 9.17) is 5.11 Å². The lowest BCUT2D eigenvalue weighted by molar-refractivity contribution is 0.180. The van der Waals surface area contributed by atoms with E-state index in [2.05, 4.69) is 23.9 Å². The maximum atomic E-state index is 9.00. The highest BCUT2D eigenvalue weighted by Gasteiger charge is 2.17. The number of hydrogen-bond donors (Lipinski definition) is 1. The van der Waals surface area contributed by atoms with Gasteiger partial charge in [-0.15, -0.1) is 0 Å². The van der Waals surface area contributed by atoms with Gasteiger partial charge in [0.25, 0.3) is 0 Å². The van der Waals surface area contributed by atoms with Crippen LogP contribution in [0.15, 0.2) is 0 Å². The molecule has 0 saturated carbocycles. The summed E-state index contributed by atoms with van der Waals surface area (Å²) in [5, 5.41) is 9.00. The fourth-order valence-corrected chi connectivity index (χ4v) is 1.58. The largest absolute Gasteiger partial charge is 0.396 e. The number of likely N-dealkylation sites (N-methyl/N-ethyl adjacent to an activating group) is 2. The average molecular weight is 158 g/mol. The molecule has 66 valence electrons. The van der Waals surface area contributed by atoms with Crippen LogP contribution < -0.4 is 0 Å². The molecule has 3 nitrogen and oxygen atoms in total. The fourth-order valence-electron chi connectivity index (χ4n) is 1.58. The van der Waals surface area contributed by atoms with E-state index in [-0.39, 0.29) is 0 Å². The first-order valence-corrected chi connectivity index (χ1v) is 4.20. The Labute approximate surface area is 68.6 Å². The molecule has 1 heterocycles. The lowest BCUT2D eigenvalue weighted by atomic mass is 10.1. The van der Waals surface area contributed by atoms with E-state index >= 15 is 0 Å². The SMILES string of the molecule is CN1CCN(C)CC(CO)C1. The Hall–Kier alpha value is -0.120. The zero-order chi connectivity index (χ0) is 8.27. The average Bonchev–Trinajstić information content (AvgIpc) is 2.13. The van der Waals surface area contributed by atoms with Crippen molar-refractivity contribution in [2.75, 3.05) is 46.9 Å². The second-order valence-electron chi connectivity index (χ2n) is 3.57. The van der Waals surface area contributed by atoms with E-state index in [9.17, 15) is 0 Å². The molecule has 0 amide bonds. The fraction of sp³-hybridized carbons (Fsp3) is 1.00. The summed E-state index contributed by atoms with van der Waals surface area (Å²) in [6, 6.07) is 0. The van der Waals surface area contributed by atoms with Crippen molar-refractivity contribution >= 4 is 0 Å². The van der Waals surface area contributed by atoms with Crippen molar-refractivity contribution < 1.29 is 5.11 Å². The Morgan fingerprint density at radius 2 is 1.64 bits per heavy atom. The van der Waals surface area contributed by atoms with Crippen molar-refractivity contribution in [2.24, 2.45) is 5.92 Å². The molecular weight excluding hydrogens is 140 g/mol. The molecule has 0 spiro atoms. The van der Waals surface area contributed by atoms with Gasteiger partial charge in [-0.25, -0.2) is 0 Å². The molecule has 0 unspecified atom stereocenters. The van der Waals surface area contributed by atoms with Crippen LogP contribution in [0, 0.1) is 5.92 Å². The van der Waals surface area contributed by atoms with Gasteiger partial charge < -0.3 is 14.9 Å². The van der Waals surface area contributed by atoms with E-state index < -0.39 is 0 Å². The maximum absolute atomic E-state index is 9.00. The highest BCUT2D eigenvalue weighted by Crippen LogP contribution is 2.05. The third-order valence-corrected chi connectivity index (χ3v) is 2.26. The predicted molar refractivity (Wildman–Crippen MR) is 45.6 cm³/mol. The van der Waals surface area contributed by atoms with Crippen molar-refractivity contribution in [3.63, 3.8) is 0 Å². The molecule has 0 radical (unpaired) electrons. The molecular formula is C8H18N2O. The zero-order valence-electron chi connectivity index (χ0n) is 7.45. The summed E-state index contributed by atoms with van der Waals surface area (Å²) < 4.78 is 0. The Balaban J connectivity index is 2.41. The van der Waals surface area contributed by atoms with Crippen LogP contribution in [0.5, 0.6) is 0 Å². The molecule has 3 heteroatoms. The van der Waals surface area contributed by atoms with E-state index in [0.717, 1.165) is 26.2 Å². The molecule has 0 bridgehead atoms. The number of hydrogen-bond acceptors (Lipinski definition) is 3. The lowest BCUT2D eigenvalue weighted by Gasteiger charge is -2.17. The summed E-state index contributed by atoms with van der Waals surface area (Å²) in [5.74, 6) is 0.437. The summed E-state index contributed by atoms with van der Waals surface area (Å²) in [4.78, 5) is 4.56. The molecule has 0 aliphatic carbocycles. The minimum absolute atomic E-state index is 0.314. The maximum Gasteiger partial charge on any atom is 0.0483 e. The molecule has 0 aromatic carbocycles. The number of aliphatic hydroxyl groups excluding tert-OH is 1. The van der Waals surface area contributed by atoms with Gasteiger partial charge >= 0.3 is 0 Å². The molecule has 11 heavy (non-hydrogen) atoms. The lowest BCUT2D eigenvalue weighted by Crippen LogP contribution is -2.28. The Morgan fingerprint density at radius 1 is 1.18 bits per heavy atom. The standard InChI is InChI=1S/C8H18N2O/c1-9-3-4-10(2)6-8(5-9)7-11/h8,11H,3-7H2,1-2H3. The molecule has 0 atom stereocenters. The van der Waals surface area contributed by atoms with Gasteiger partial charge in [-0.05, 0) is 14.1 Å². The van der Waals surface area contributed by atoms with Gasteiger partial charge in [0.2, 0.25) is 0 Å². The smallest absolute Gasteiger partial charge is 0.0483 e. The summed E-state index contributed by atoms with van der Waals surface area (Å²) in [6.07, 6.45) is 0. The van der Waals surface area contributed by atoms with Crippen LogP contribution in [0.4, 0.5) is 0 Å². The molecule has 1 N–H and O–H groups in total. The normalized spacial score (nSPS) is 25.4. The van der Waals surface area contributed by atoms with Crippen LogP contribution in [0.2, 0.25) is 0 Å². The molecule has 0 aromatic heterocycles. The summed E-state index contributed by atoms with van der Waals surface area (Å²) in [7, 11) is 4.23. The van der Waals surface area contributed by atoms with Gasteiger partial charge in [0.05, 0.1) is 0 Å². The number of rotatable bonds is 1. The number of nitrogens with zero attached hydrogens (tertiary/aromatic N) is 2. The topological polar surface area (TPSA) is 26.7 Å². The van der Waals surface area contributed by atoms with E-state index in [0.29, 0.717) is 12.5 Å². The van der Waals surface area contributed by atoms with Crippen molar-refractivity contribution in [3.8, 4) is 0 Å². The third-order valence-electron chi connectivity index (χ3n) is 2.26. The second-order valence-corrected chi connectivity index (χ2v) is 3.57. The zero-order valence-corrected chi connectivity index (χ0v) is 7.45. The van der Waals surface area contributed by atoms with Gasteiger partial charge in [-0.1, -0.05) is 0 Å². The van der Waals surface area contributed by atoms with Gasteiger partial charge in [0.15, 0.2) is 0 Å². The van der Waals surface area contributed by atoms with Crippen molar-refractivity contribution in [3.05, 3.63) is 0 Å². The van der Waals surface area contributed by atoms with E-state index in [1.54, 1.807) is 0 Å². The summed E-state index contributed by atoms with van der Waals surface area (Å²) in [6.45, 7) is 4.61. The molecule has 1 rings (SSSR count). The van der Waals surface area contributed by atoms with Crippen LogP contribution in [-0.4, -0.2) is 61.8 Å². The second kappa shape index (κ2) is 4.04. The van der Waals surface area contributed by atoms with E-state index in [1.165, 1.54) is 0 Å². The quantitative estimate of drug-likeness (QED) is 0.556. The highest BCUT2D eigenvalue weighted by atomic mass is 16.3. The first-order valence-electron chi connectivity index (χ1n) is 4.20. The molecule has 1 aliphatic rings. The van der Waals surface area contributed by atoms with Crippen LogP contribution in [0.1, 0.15) is 0 Å². The van der Waals surface area contributed by atoms with Crippen LogP contribution in [0.3, 0.4) is 0 Å². The highest BCUT2D eigenvalue weighted by molar-refractivity contribution is 4.71. The van der Waals surface area contributed by atoms with Gasteiger partial charge in [0.1, 0.15) is 0 Å². The third kappa shape index (κ3) is 2.77. The van der Waals surface area contributed by atoms with Crippen molar-refractivity contribution in [1.82, 2.24) is 9.80 Å². The molecule has 1 aliphatic heterocycles. The first-order chi connectivity index (χ1) is 5.22. The van der Waals surface area contributed by atoms with Crippen LogP contribution in [-0.2, 0) is 0 Å². The Bertz CT molecular complexity index is 107. The molecule has 1 saturated heterocycles. The molecule has 1 fully saturated rings. The molecule has 0 aromatic rings. The van der Waals surface area contributed by atoms with Crippen LogP contribution in [0.25, 0.3) is 0 Å². The minimum atomic E-state index is 0.314. The van der Waals surface area contributed by atoms with Gasteiger partial charge in [-0.3, -0.25) is 0 Å². The summed E-state index contributed by atoms with van der Waals surface area (Å²) in [5.41, 5.74) is 0. The number of aliphatic hydroxyl groups is 1. The Morgan fingerprint density at radius 3 is 2.00 bits per heavy atom. The monoisotopic (exact) mass is 158 g/mol. The Kier molecular flexibility index (Phi) is 3.30. The van der Waals surface area contributed by atoms with Gasteiger partial charge in [-0.2, -0.15) is 0 Å². The van der Waals surface area contributed by atoms with Crippen molar-refractivity contribution in [1.29, 1.82) is 0 Å². The van der Waals surface area contributed by atoms with E-state index in [1.807, 2.05) is 0 Å². The predicted octanol–water partition coefficient (Wildman–Crippen LogP) is -0.528. The summed E-state index contributed by atoms with van der Waals surface area (Å²) >= 11 is 0. The minimum Gasteiger partial charge on any atom is -0.396 e. The van der Waals surface area contributed by atoms with Crippen molar-refractivity contribution in [2.45, 2.75) is 0 Å². The van der Waals surface area contributed by atoms with Crippen LogP contribution >= 0.6 is 0 Å². The van der Waals surface area contributed by atoms with Gasteiger partial charge in [0, 0.05) is 38.7 Å². The first kappa shape index (κ1) is 8.97.